The minimum atomic E-state index is -3.69. The largest absolute Gasteiger partial charge is 0.497 e. The van der Waals surface area contributed by atoms with E-state index in [4.69, 9.17) is 9.47 Å². The molecule has 8 nitrogen and oxygen atoms in total. The van der Waals surface area contributed by atoms with Crippen molar-refractivity contribution in [2.24, 2.45) is 11.8 Å². The van der Waals surface area contributed by atoms with Crippen LogP contribution in [0, 0.1) is 11.8 Å². The maximum Gasteiger partial charge on any atom is 0.310 e. The van der Waals surface area contributed by atoms with Crippen LogP contribution in [0.3, 0.4) is 0 Å². The Kier molecular flexibility index (Phi) is 8.04. The highest BCUT2D eigenvalue weighted by atomic mass is 32.2. The smallest absolute Gasteiger partial charge is 0.310 e. The van der Waals surface area contributed by atoms with Crippen molar-refractivity contribution in [1.29, 1.82) is 0 Å². The number of benzene rings is 1. The second-order valence-corrected chi connectivity index (χ2v) is 9.12. The van der Waals surface area contributed by atoms with Crippen LogP contribution >= 0.6 is 0 Å². The van der Waals surface area contributed by atoms with Crippen LogP contribution in [0.25, 0.3) is 0 Å². The summed E-state index contributed by atoms with van der Waals surface area (Å²) in [5.41, 5.74) is 0. The minimum absolute atomic E-state index is 0.127. The van der Waals surface area contributed by atoms with Crippen molar-refractivity contribution >= 4 is 21.9 Å². The van der Waals surface area contributed by atoms with Gasteiger partial charge in [0.05, 0.1) is 31.0 Å². The number of ether oxygens (including phenoxy) is 2. The van der Waals surface area contributed by atoms with E-state index in [0.717, 1.165) is 0 Å². The number of hydrogen-bond acceptors (Lipinski definition) is 6. The number of carbonyl (C=O) groups excluding carboxylic acids is 2. The zero-order valence-electron chi connectivity index (χ0n) is 17.5. The molecule has 1 aliphatic heterocycles. The summed E-state index contributed by atoms with van der Waals surface area (Å²) in [5.74, 6) is -0.788. The number of piperidine rings is 1. The lowest BCUT2D eigenvalue weighted by Gasteiger charge is -2.34. The van der Waals surface area contributed by atoms with Gasteiger partial charge in [0.25, 0.3) is 0 Å². The number of hydrogen-bond donors (Lipinski definition) is 0. The number of sulfonamides is 1. The molecule has 2 atom stereocenters. The van der Waals surface area contributed by atoms with E-state index < -0.39 is 21.9 Å². The highest BCUT2D eigenvalue weighted by Gasteiger charge is 2.35. The topological polar surface area (TPSA) is 93.2 Å². The van der Waals surface area contributed by atoms with E-state index in [0.29, 0.717) is 31.7 Å². The first-order chi connectivity index (χ1) is 13.7. The van der Waals surface area contributed by atoms with Crippen LogP contribution in [-0.4, -0.2) is 69.9 Å². The van der Waals surface area contributed by atoms with E-state index in [-0.39, 0.29) is 29.9 Å². The third-order valence-corrected chi connectivity index (χ3v) is 7.10. The van der Waals surface area contributed by atoms with Crippen LogP contribution in [0.2, 0.25) is 0 Å². The lowest BCUT2D eigenvalue weighted by molar-refractivity contribution is -0.147. The van der Waals surface area contributed by atoms with Gasteiger partial charge in [-0.25, -0.2) is 8.42 Å². The summed E-state index contributed by atoms with van der Waals surface area (Å²) in [7, 11) is -0.855. The second-order valence-electron chi connectivity index (χ2n) is 7.18. The molecule has 2 rings (SSSR count). The number of nitrogens with zero attached hydrogens (tertiary/aromatic N) is 2. The SMILES string of the molecule is CCN(CC(C)C(=O)OC)C(=O)C1CCCN(S(=O)(=O)c2ccc(OC)cc2)C1. The van der Waals surface area contributed by atoms with E-state index in [9.17, 15) is 18.0 Å². The highest BCUT2D eigenvalue weighted by molar-refractivity contribution is 7.89. The Bertz CT molecular complexity index is 809. The van der Waals surface area contributed by atoms with Crippen LogP contribution < -0.4 is 4.74 Å². The summed E-state index contributed by atoms with van der Waals surface area (Å²) in [6.07, 6.45) is 1.23. The lowest BCUT2D eigenvalue weighted by Crippen LogP contribution is -2.48. The Balaban J connectivity index is 2.11. The molecule has 0 saturated carbocycles. The first-order valence-corrected chi connectivity index (χ1v) is 11.2. The number of rotatable bonds is 8. The molecule has 2 unspecified atom stereocenters. The molecule has 0 radical (unpaired) electrons. The molecule has 1 aromatic carbocycles. The number of amides is 1. The van der Waals surface area contributed by atoms with Gasteiger partial charge < -0.3 is 14.4 Å². The van der Waals surface area contributed by atoms with Crippen molar-refractivity contribution < 1.29 is 27.5 Å². The number of methoxy groups -OCH3 is 2. The molecule has 1 aliphatic rings. The fourth-order valence-electron chi connectivity index (χ4n) is 3.50. The summed E-state index contributed by atoms with van der Waals surface area (Å²) >= 11 is 0. The minimum Gasteiger partial charge on any atom is -0.497 e. The van der Waals surface area contributed by atoms with Crippen LogP contribution in [0.4, 0.5) is 0 Å². The zero-order chi connectivity index (χ0) is 21.6. The van der Waals surface area contributed by atoms with Crippen LogP contribution in [-0.2, 0) is 24.3 Å². The molecule has 0 N–H and O–H groups in total. The quantitative estimate of drug-likeness (QED) is 0.588. The highest BCUT2D eigenvalue weighted by Crippen LogP contribution is 2.26. The van der Waals surface area contributed by atoms with Gasteiger partial charge in [-0.15, -0.1) is 0 Å². The number of carbonyl (C=O) groups is 2. The van der Waals surface area contributed by atoms with Crippen molar-refractivity contribution in [3.63, 3.8) is 0 Å². The molecule has 0 bridgehead atoms. The second kappa shape index (κ2) is 10.1. The van der Waals surface area contributed by atoms with Gasteiger partial charge >= 0.3 is 5.97 Å². The van der Waals surface area contributed by atoms with Gasteiger partial charge in [0.15, 0.2) is 0 Å². The third kappa shape index (κ3) is 5.48. The predicted octanol–water partition coefficient (Wildman–Crippen LogP) is 1.75. The molecule has 29 heavy (non-hydrogen) atoms. The van der Waals surface area contributed by atoms with E-state index in [1.165, 1.54) is 30.7 Å². The van der Waals surface area contributed by atoms with Crippen molar-refractivity contribution in [2.75, 3.05) is 40.4 Å². The maximum atomic E-state index is 13.0. The molecule has 162 valence electrons. The van der Waals surface area contributed by atoms with Crippen LogP contribution in [0.15, 0.2) is 29.2 Å². The van der Waals surface area contributed by atoms with Crippen molar-refractivity contribution in [3.8, 4) is 5.75 Å². The third-order valence-electron chi connectivity index (χ3n) is 5.22. The average Bonchev–Trinajstić information content (AvgIpc) is 2.76. The van der Waals surface area contributed by atoms with Crippen LogP contribution in [0.1, 0.15) is 26.7 Å². The summed E-state index contributed by atoms with van der Waals surface area (Å²) in [6, 6.07) is 6.23. The van der Waals surface area contributed by atoms with Gasteiger partial charge in [-0.05, 0) is 44.0 Å². The Labute approximate surface area is 172 Å². The van der Waals surface area contributed by atoms with Gasteiger partial charge in [-0.2, -0.15) is 4.31 Å². The Hall–Kier alpha value is -2.13. The fourth-order valence-corrected chi connectivity index (χ4v) is 5.02. The first kappa shape index (κ1) is 23.2. The van der Waals surface area contributed by atoms with Gasteiger partial charge in [-0.3, -0.25) is 9.59 Å². The maximum absolute atomic E-state index is 13.0. The monoisotopic (exact) mass is 426 g/mol. The number of esters is 1. The molecular formula is C20H30N2O6S. The van der Waals surface area contributed by atoms with Gasteiger partial charge in [0, 0.05) is 26.2 Å². The standard InChI is InChI=1S/C20H30N2O6S/c1-5-21(13-15(2)20(24)28-4)19(23)16-7-6-12-22(14-16)29(25,26)18-10-8-17(27-3)9-11-18/h8-11,15-16H,5-7,12-14H2,1-4H3. The van der Waals surface area contributed by atoms with Crippen molar-refractivity contribution in [2.45, 2.75) is 31.6 Å². The lowest BCUT2D eigenvalue weighted by atomic mass is 9.97. The fraction of sp³-hybridized carbons (Fsp3) is 0.600. The molecule has 0 aromatic heterocycles. The molecule has 1 aromatic rings. The van der Waals surface area contributed by atoms with Gasteiger partial charge in [-0.1, -0.05) is 6.92 Å². The first-order valence-electron chi connectivity index (χ1n) is 9.75. The summed E-state index contributed by atoms with van der Waals surface area (Å²) in [6.45, 7) is 4.77. The normalized spacial score (nSPS) is 18.7. The molecule has 0 aliphatic carbocycles. The van der Waals surface area contributed by atoms with Gasteiger partial charge in [0.1, 0.15) is 5.75 Å². The predicted molar refractivity (Wildman–Crippen MR) is 108 cm³/mol. The van der Waals surface area contributed by atoms with E-state index >= 15 is 0 Å². The molecule has 0 spiro atoms. The van der Waals surface area contributed by atoms with E-state index in [2.05, 4.69) is 0 Å². The molecule has 1 amide bonds. The summed E-state index contributed by atoms with van der Waals surface area (Å²) < 4.78 is 37.2. The molecule has 1 saturated heterocycles. The Morgan fingerprint density at radius 1 is 1.24 bits per heavy atom. The van der Waals surface area contributed by atoms with Gasteiger partial charge in [0.2, 0.25) is 15.9 Å². The van der Waals surface area contributed by atoms with Crippen molar-refractivity contribution in [3.05, 3.63) is 24.3 Å². The molecule has 9 heteroatoms. The van der Waals surface area contributed by atoms with E-state index in [1.54, 1.807) is 24.0 Å². The van der Waals surface area contributed by atoms with E-state index in [1.807, 2.05) is 6.92 Å². The summed E-state index contributed by atoms with van der Waals surface area (Å²) in [4.78, 5) is 26.5. The Morgan fingerprint density at radius 3 is 2.45 bits per heavy atom. The molecule has 1 heterocycles. The summed E-state index contributed by atoms with van der Waals surface area (Å²) in [5, 5.41) is 0. The zero-order valence-corrected chi connectivity index (χ0v) is 18.3. The Morgan fingerprint density at radius 2 is 1.90 bits per heavy atom. The van der Waals surface area contributed by atoms with Crippen molar-refractivity contribution in [1.82, 2.24) is 9.21 Å². The molecule has 1 fully saturated rings. The average molecular weight is 427 g/mol. The van der Waals surface area contributed by atoms with Crippen LogP contribution in [0.5, 0.6) is 5.75 Å². The molecular weight excluding hydrogens is 396 g/mol.